The van der Waals surface area contributed by atoms with Crippen LogP contribution in [0.15, 0.2) is 6.58 Å². The van der Waals surface area contributed by atoms with E-state index in [0.717, 1.165) is 30.0 Å². The first-order chi connectivity index (χ1) is 5.29. The monoisotopic (exact) mass is 150 g/mol. The van der Waals surface area contributed by atoms with Crippen LogP contribution in [-0.2, 0) is 13.1 Å². The van der Waals surface area contributed by atoms with E-state index in [9.17, 15) is 0 Å². The molecule has 0 fully saturated rings. The second kappa shape index (κ2) is 2.10. The van der Waals surface area contributed by atoms with Crippen molar-refractivity contribution < 1.29 is 0 Å². The summed E-state index contributed by atoms with van der Waals surface area (Å²) in [5, 5.41) is 10.2. The fourth-order valence-corrected chi connectivity index (χ4v) is 1.32. The molecule has 4 N–H and O–H groups in total. The highest BCUT2D eigenvalue weighted by atomic mass is 15.2. The van der Waals surface area contributed by atoms with E-state index < -0.39 is 0 Å². The van der Waals surface area contributed by atoms with Crippen LogP contribution in [0.1, 0.15) is 17.0 Å². The third-order valence-corrected chi connectivity index (χ3v) is 1.86. The molecule has 0 amide bonds. The normalized spacial score (nSPS) is 14.9. The van der Waals surface area contributed by atoms with Crippen molar-refractivity contribution in [3.8, 4) is 0 Å². The first kappa shape index (κ1) is 6.42. The average molecular weight is 150 g/mol. The van der Waals surface area contributed by atoms with Crippen LogP contribution in [0.5, 0.6) is 0 Å². The van der Waals surface area contributed by atoms with Gasteiger partial charge in [-0.2, -0.15) is 5.10 Å². The Hall–Kier alpha value is -1.29. The molecule has 0 unspecified atom stereocenters. The molecule has 58 valence electrons. The minimum atomic E-state index is 0.534. The molecule has 1 aromatic rings. The van der Waals surface area contributed by atoms with Gasteiger partial charge >= 0.3 is 0 Å². The Kier molecular flexibility index (Phi) is 1.22. The van der Waals surface area contributed by atoms with E-state index in [4.69, 9.17) is 5.73 Å². The zero-order valence-electron chi connectivity index (χ0n) is 6.15. The van der Waals surface area contributed by atoms with Crippen molar-refractivity contribution >= 4 is 5.70 Å². The molecular formula is C7H10N4. The van der Waals surface area contributed by atoms with Crippen molar-refractivity contribution in [1.29, 1.82) is 0 Å². The summed E-state index contributed by atoms with van der Waals surface area (Å²) in [5.41, 5.74) is 9.17. The topological polar surface area (TPSA) is 66.7 Å². The largest absolute Gasteiger partial charge is 0.397 e. The third-order valence-electron chi connectivity index (χ3n) is 1.86. The molecule has 2 heterocycles. The van der Waals surface area contributed by atoms with Crippen LogP contribution < -0.4 is 11.1 Å². The number of nitrogens with zero attached hydrogens (tertiary/aromatic N) is 1. The van der Waals surface area contributed by atoms with E-state index in [2.05, 4.69) is 22.1 Å². The number of aromatic nitrogens is 2. The van der Waals surface area contributed by atoms with Crippen molar-refractivity contribution in [3.63, 3.8) is 0 Å². The second-order valence-corrected chi connectivity index (χ2v) is 2.66. The summed E-state index contributed by atoms with van der Waals surface area (Å²) < 4.78 is 0. The maximum atomic E-state index is 5.53. The highest BCUT2D eigenvalue weighted by Crippen LogP contribution is 2.19. The zero-order chi connectivity index (χ0) is 7.84. The number of H-pyrrole nitrogens is 1. The molecule has 1 aromatic heterocycles. The number of hydrogen-bond donors (Lipinski definition) is 3. The van der Waals surface area contributed by atoms with Crippen molar-refractivity contribution in [2.45, 2.75) is 13.1 Å². The van der Waals surface area contributed by atoms with Gasteiger partial charge in [-0.05, 0) is 0 Å². The van der Waals surface area contributed by atoms with Crippen molar-refractivity contribution in [1.82, 2.24) is 15.5 Å². The molecule has 0 spiro atoms. The number of hydrogen-bond acceptors (Lipinski definition) is 3. The minimum absolute atomic E-state index is 0.534. The SMILES string of the molecule is C=C(N)c1n[nH]c2c1CNC2. The Bertz CT molecular complexity index is 299. The molecule has 1 aliphatic heterocycles. The van der Waals surface area contributed by atoms with E-state index in [1.54, 1.807) is 0 Å². The van der Waals surface area contributed by atoms with Crippen LogP contribution in [-0.4, -0.2) is 10.2 Å². The van der Waals surface area contributed by atoms with Crippen LogP contribution in [0, 0.1) is 0 Å². The summed E-state index contributed by atoms with van der Waals surface area (Å²) in [4.78, 5) is 0. The van der Waals surface area contributed by atoms with Gasteiger partial charge in [0.15, 0.2) is 0 Å². The van der Waals surface area contributed by atoms with Crippen molar-refractivity contribution in [3.05, 3.63) is 23.5 Å². The smallest absolute Gasteiger partial charge is 0.112 e. The van der Waals surface area contributed by atoms with Crippen LogP contribution in [0.4, 0.5) is 0 Å². The molecule has 0 saturated carbocycles. The number of aromatic amines is 1. The Balaban J connectivity index is 2.50. The van der Waals surface area contributed by atoms with Gasteiger partial charge in [-0.3, -0.25) is 5.10 Å². The quantitative estimate of drug-likeness (QED) is 0.525. The van der Waals surface area contributed by atoms with E-state index in [1.165, 1.54) is 0 Å². The maximum Gasteiger partial charge on any atom is 0.112 e. The Morgan fingerprint density at radius 3 is 3.09 bits per heavy atom. The summed E-state index contributed by atoms with van der Waals surface area (Å²) in [6.07, 6.45) is 0. The summed E-state index contributed by atoms with van der Waals surface area (Å²) >= 11 is 0. The molecule has 0 aliphatic carbocycles. The molecule has 2 rings (SSSR count). The molecule has 0 atom stereocenters. The summed E-state index contributed by atoms with van der Waals surface area (Å²) in [6, 6.07) is 0. The Morgan fingerprint density at radius 2 is 2.36 bits per heavy atom. The lowest BCUT2D eigenvalue weighted by molar-refractivity contribution is 0.740. The summed E-state index contributed by atoms with van der Waals surface area (Å²) in [5.74, 6) is 0. The Morgan fingerprint density at radius 1 is 1.55 bits per heavy atom. The van der Waals surface area contributed by atoms with Crippen LogP contribution in [0.3, 0.4) is 0 Å². The molecule has 1 aliphatic rings. The molecule has 0 saturated heterocycles. The fourth-order valence-electron chi connectivity index (χ4n) is 1.32. The fraction of sp³-hybridized carbons (Fsp3) is 0.286. The van der Waals surface area contributed by atoms with Crippen molar-refractivity contribution in [2.75, 3.05) is 0 Å². The molecule has 0 bridgehead atoms. The summed E-state index contributed by atoms with van der Waals surface area (Å²) in [7, 11) is 0. The summed E-state index contributed by atoms with van der Waals surface area (Å²) in [6.45, 7) is 5.34. The molecule has 0 aromatic carbocycles. The highest BCUT2D eigenvalue weighted by molar-refractivity contribution is 5.61. The number of rotatable bonds is 1. The van der Waals surface area contributed by atoms with E-state index >= 15 is 0 Å². The van der Waals surface area contributed by atoms with Gasteiger partial charge in [0, 0.05) is 18.7 Å². The van der Waals surface area contributed by atoms with Gasteiger partial charge in [0.2, 0.25) is 0 Å². The van der Waals surface area contributed by atoms with E-state index in [1.807, 2.05) is 0 Å². The van der Waals surface area contributed by atoms with Crippen molar-refractivity contribution in [2.24, 2.45) is 5.73 Å². The van der Waals surface area contributed by atoms with Gasteiger partial charge in [0.1, 0.15) is 5.69 Å². The standard InChI is InChI=1S/C7H10N4/c1-4(8)7-5-2-9-3-6(5)10-11-7/h9H,1-3,8H2,(H,10,11). The lowest BCUT2D eigenvalue weighted by Crippen LogP contribution is -2.05. The van der Waals surface area contributed by atoms with Crippen LogP contribution in [0.2, 0.25) is 0 Å². The predicted molar refractivity (Wildman–Crippen MR) is 42.4 cm³/mol. The first-order valence-electron chi connectivity index (χ1n) is 3.50. The molecule has 4 nitrogen and oxygen atoms in total. The molecule has 4 heteroatoms. The average Bonchev–Trinajstić information content (AvgIpc) is 2.41. The lowest BCUT2D eigenvalue weighted by Gasteiger charge is -1.95. The van der Waals surface area contributed by atoms with Crippen LogP contribution in [0.25, 0.3) is 5.70 Å². The third kappa shape index (κ3) is 0.832. The Labute approximate surface area is 64.5 Å². The van der Waals surface area contributed by atoms with Gasteiger partial charge in [-0.1, -0.05) is 6.58 Å². The van der Waals surface area contributed by atoms with E-state index in [-0.39, 0.29) is 0 Å². The molecule has 11 heavy (non-hydrogen) atoms. The predicted octanol–water partition coefficient (Wildman–Crippen LogP) is -0.0577. The first-order valence-corrected chi connectivity index (χ1v) is 3.50. The number of fused-ring (bicyclic) bond motifs is 1. The van der Waals surface area contributed by atoms with Gasteiger partial charge < -0.3 is 11.1 Å². The molecule has 0 radical (unpaired) electrons. The highest BCUT2D eigenvalue weighted by Gasteiger charge is 2.17. The molecular weight excluding hydrogens is 140 g/mol. The van der Waals surface area contributed by atoms with Gasteiger partial charge in [0.05, 0.1) is 11.4 Å². The van der Waals surface area contributed by atoms with Crippen LogP contribution >= 0.6 is 0 Å². The number of nitrogens with two attached hydrogens (primary N) is 1. The van der Waals surface area contributed by atoms with Gasteiger partial charge in [-0.15, -0.1) is 0 Å². The van der Waals surface area contributed by atoms with Gasteiger partial charge in [0.25, 0.3) is 0 Å². The van der Waals surface area contributed by atoms with E-state index in [0.29, 0.717) is 5.70 Å². The lowest BCUT2D eigenvalue weighted by atomic mass is 10.2. The number of nitrogens with one attached hydrogen (secondary N) is 2. The minimum Gasteiger partial charge on any atom is -0.397 e. The van der Waals surface area contributed by atoms with Gasteiger partial charge in [-0.25, -0.2) is 0 Å². The second-order valence-electron chi connectivity index (χ2n) is 2.66. The zero-order valence-corrected chi connectivity index (χ0v) is 6.15. The maximum absolute atomic E-state index is 5.53.